The van der Waals surface area contributed by atoms with Gasteiger partial charge in [0, 0.05) is 32.3 Å². The maximum Gasteiger partial charge on any atom is 0.0598 e. The fourth-order valence-electron chi connectivity index (χ4n) is 2.05. The van der Waals surface area contributed by atoms with Gasteiger partial charge in [0.25, 0.3) is 0 Å². The van der Waals surface area contributed by atoms with Crippen LogP contribution in [0.5, 0.6) is 0 Å². The summed E-state index contributed by atoms with van der Waals surface area (Å²) in [5.41, 5.74) is 0. The molecule has 0 unspecified atom stereocenters. The molecule has 0 atom stereocenters. The first kappa shape index (κ1) is 13.5. The number of nitrogens with zero attached hydrogens (tertiary/aromatic N) is 1. The Labute approximate surface area is 99.5 Å². The predicted octanol–water partition coefficient (Wildman–Crippen LogP) is 1.10. The first-order valence-corrected chi connectivity index (χ1v) is 6.33. The van der Waals surface area contributed by atoms with E-state index in [4.69, 9.17) is 11.2 Å². The second-order valence-corrected chi connectivity index (χ2v) is 4.26. The van der Waals surface area contributed by atoms with Crippen molar-refractivity contribution in [1.29, 1.82) is 0 Å². The Balaban J connectivity index is 1.98. The van der Waals surface area contributed by atoms with Crippen LogP contribution in [0, 0.1) is 12.3 Å². The molecule has 1 saturated heterocycles. The summed E-state index contributed by atoms with van der Waals surface area (Å²) < 4.78 is 5.30. The van der Waals surface area contributed by atoms with Crippen molar-refractivity contribution in [2.45, 2.75) is 32.2 Å². The highest BCUT2D eigenvalue weighted by Gasteiger charge is 2.17. The first-order chi connectivity index (χ1) is 7.86. The summed E-state index contributed by atoms with van der Waals surface area (Å²) in [6.45, 7) is 7.87. The van der Waals surface area contributed by atoms with Crippen LogP contribution in [0.4, 0.5) is 0 Å². The van der Waals surface area contributed by atoms with Gasteiger partial charge in [0.1, 0.15) is 0 Å². The molecule has 3 nitrogen and oxygen atoms in total. The average Bonchev–Trinajstić information content (AvgIpc) is 2.31. The van der Waals surface area contributed by atoms with Crippen LogP contribution in [0.25, 0.3) is 0 Å². The monoisotopic (exact) mass is 224 g/mol. The van der Waals surface area contributed by atoms with E-state index in [0.29, 0.717) is 6.04 Å². The lowest BCUT2D eigenvalue weighted by atomic mass is 10.1. The number of likely N-dealkylation sites (tertiary alicyclic amines) is 1. The first-order valence-electron chi connectivity index (χ1n) is 6.33. The Kier molecular flexibility index (Phi) is 7.24. The Morgan fingerprint density at radius 3 is 2.81 bits per heavy atom. The van der Waals surface area contributed by atoms with Crippen molar-refractivity contribution in [3.8, 4) is 12.3 Å². The van der Waals surface area contributed by atoms with Crippen molar-refractivity contribution in [2.24, 2.45) is 0 Å². The van der Waals surface area contributed by atoms with Crippen LogP contribution in [0.3, 0.4) is 0 Å². The van der Waals surface area contributed by atoms with Crippen LogP contribution >= 0.6 is 0 Å². The van der Waals surface area contributed by atoms with E-state index in [9.17, 15) is 0 Å². The van der Waals surface area contributed by atoms with E-state index < -0.39 is 0 Å². The van der Waals surface area contributed by atoms with Crippen molar-refractivity contribution in [1.82, 2.24) is 10.2 Å². The minimum atomic E-state index is 0.677. The number of rotatable bonds is 7. The molecular weight excluding hydrogens is 200 g/mol. The SMILES string of the molecule is C#CCN1CCC(NCCCOCC)CC1. The van der Waals surface area contributed by atoms with Gasteiger partial charge >= 0.3 is 0 Å². The third-order valence-electron chi connectivity index (χ3n) is 3.01. The molecule has 1 N–H and O–H groups in total. The van der Waals surface area contributed by atoms with Crippen molar-refractivity contribution >= 4 is 0 Å². The number of terminal acetylenes is 1. The van der Waals surface area contributed by atoms with Gasteiger partial charge in [-0.1, -0.05) is 5.92 Å². The Morgan fingerprint density at radius 2 is 2.19 bits per heavy atom. The van der Waals surface area contributed by atoms with Crippen molar-refractivity contribution < 1.29 is 4.74 Å². The summed E-state index contributed by atoms with van der Waals surface area (Å²) in [6, 6.07) is 0.677. The Bertz CT molecular complexity index is 204. The molecule has 0 bridgehead atoms. The molecule has 16 heavy (non-hydrogen) atoms. The average molecular weight is 224 g/mol. The topological polar surface area (TPSA) is 24.5 Å². The largest absolute Gasteiger partial charge is 0.382 e. The van der Waals surface area contributed by atoms with Crippen molar-refractivity contribution in [2.75, 3.05) is 39.4 Å². The second-order valence-electron chi connectivity index (χ2n) is 4.26. The molecule has 0 aromatic heterocycles. The van der Waals surface area contributed by atoms with E-state index in [1.807, 2.05) is 6.92 Å². The minimum Gasteiger partial charge on any atom is -0.382 e. The maximum atomic E-state index is 5.30. The third kappa shape index (κ3) is 5.50. The van der Waals surface area contributed by atoms with Gasteiger partial charge in [0.2, 0.25) is 0 Å². The molecule has 1 aliphatic heterocycles. The Morgan fingerprint density at radius 1 is 1.44 bits per heavy atom. The molecule has 1 aliphatic rings. The molecule has 3 heteroatoms. The number of piperidine rings is 1. The minimum absolute atomic E-state index is 0.677. The number of hydrogen-bond donors (Lipinski definition) is 1. The molecular formula is C13H24N2O. The zero-order valence-corrected chi connectivity index (χ0v) is 10.4. The number of ether oxygens (including phenoxy) is 1. The summed E-state index contributed by atoms with van der Waals surface area (Å²) in [4.78, 5) is 2.35. The fourth-order valence-corrected chi connectivity index (χ4v) is 2.05. The summed E-state index contributed by atoms with van der Waals surface area (Å²) in [6.07, 6.45) is 8.85. The summed E-state index contributed by atoms with van der Waals surface area (Å²) in [5, 5.41) is 3.58. The van der Waals surface area contributed by atoms with E-state index in [-0.39, 0.29) is 0 Å². The quantitative estimate of drug-likeness (QED) is 0.518. The lowest BCUT2D eigenvalue weighted by molar-refractivity contribution is 0.142. The van der Waals surface area contributed by atoms with E-state index >= 15 is 0 Å². The molecule has 0 aromatic carbocycles. The van der Waals surface area contributed by atoms with Gasteiger partial charge in [0.05, 0.1) is 6.54 Å². The molecule has 1 fully saturated rings. The van der Waals surface area contributed by atoms with E-state index in [0.717, 1.165) is 45.8 Å². The van der Waals surface area contributed by atoms with Gasteiger partial charge in [-0.15, -0.1) is 6.42 Å². The molecule has 0 saturated carbocycles. The smallest absolute Gasteiger partial charge is 0.0598 e. The molecule has 1 heterocycles. The molecule has 0 aromatic rings. The summed E-state index contributed by atoms with van der Waals surface area (Å²) in [7, 11) is 0. The Hall–Kier alpha value is -0.560. The maximum absolute atomic E-state index is 5.30. The summed E-state index contributed by atoms with van der Waals surface area (Å²) >= 11 is 0. The third-order valence-corrected chi connectivity index (χ3v) is 3.01. The highest BCUT2D eigenvalue weighted by molar-refractivity contribution is 4.90. The highest BCUT2D eigenvalue weighted by Crippen LogP contribution is 2.09. The van der Waals surface area contributed by atoms with Crippen LogP contribution in [0.15, 0.2) is 0 Å². The molecule has 0 spiro atoms. The standard InChI is InChI=1S/C13H24N2O/c1-3-9-15-10-6-13(7-11-15)14-8-5-12-16-4-2/h1,13-14H,4-12H2,2H3. The van der Waals surface area contributed by atoms with Crippen molar-refractivity contribution in [3.63, 3.8) is 0 Å². The molecule has 1 rings (SSSR count). The van der Waals surface area contributed by atoms with Gasteiger partial charge in [-0.3, -0.25) is 4.90 Å². The van der Waals surface area contributed by atoms with Crippen LogP contribution < -0.4 is 5.32 Å². The van der Waals surface area contributed by atoms with Gasteiger partial charge < -0.3 is 10.1 Å². The van der Waals surface area contributed by atoms with Gasteiger partial charge in [-0.25, -0.2) is 0 Å². The van der Waals surface area contributed by atoms with E-state index in [1.54, 1.807) is 0 Å². The summed E-state index contributed by atoms with van der Waals surface area (Å²) in [5.74, 6) is 2.71. The molecule has 92 valence electrons. The zero-order valence-electron chi connectivity index (χ0n) is 10.4. The normalized spacial score (nSPS) is 18.5. The van der Waals surface area contributed by atoms with Crippen LogP contribution in [0.2, 0.25) is 0 Å². The molecule has 0 amide bonds. The predicted molar refractivity (Wildman–Crippen MR) is 67.4 cm³/mol. The zero-order chi connectivity index (χ0) is 11.6. The van der Waals surface area contributed by atoms with Gasteiger partial charge in [0.15, 0.2) is 0 Å². The van der Waals surface area contributed by atoms with E-state index in [1.165, 1.54) is 12.8 Å². The number of hydrogen-bond acceptors (Lipinski definition) is 3. The molecule has 0 aliphatic carbocycles. The lowest BCUT2D eigenvalue weighted by Crippen LogP contribution is -2.42. The molecule has 0 radical (unpaired) electrons. The van der Waals surface area contributed by atoms with Crippen molar-refractivity contribution in [3.05, 3.63) is 0 Å². The van der Waals surface area contributed by atoms with Crippen LogP contribution in [0.1, 0.15) is 26.2 Å². The highest BCUT2D eigenvalue weighted by atomic mass is 16.5. The number of nitrogens with one attached hydrogen (secondary N) is 1. The fraction of sp³-hybridized carbons (Fsp3) is 0.846. The van der Waals surface area contributed by atoms with Crippen LogP contribution in [-0.2, 0) is 4.74 Å². The lowest BCUT2D eigenvalue weighted by Gasteiger charge is -2.31. The van der Waals surface area contributed by atoms with Gasteiger partial charge in [-0.2, -0.15) is 0 Å². The van der Waals surface area contributed by atoms with Gasteiger partial charge in [-0.05, 0) is 32.7 Å². The van der Waals surface area contributed by atoms with Crippen LogP contribution in [-0.4, -0.2) is 50.3 Å². The van der Waals surface area contributed by atoms with E-state index in [2.05, 4.69) is 16.1 Å². The second kappa shape index (κ2) is 8.58.